The fourth-order valence-electron chi connectivity index (χ4n) is 4.01. The lowest BCUT2D eigenvalue weighted by Crippen LogP contribution is -2.44. The number of allylic oxidation sites excluding steroid dienone is 2. The second kappa shape index (κ2) is 9.36. The van der Waals surface area contributed by atoms with Crippen LogP contribution in [0.2, 0.25) is 0 Å². The highest BCUT2D eigenvalue weighted by atomic mass is 32.1. The van der Waals surface area contributed by atoms with Crippen LogP contribution in [0.15, 0.2) is 43.6 Å². The minimum Gasteiger partial charge on any atom is -0.450 e. The Morgan fingerprint density at radius 2 is 2.06 bits per heavy atom. The first-order chi connectivity index (χ1) is 15.8. The molecule has 0 amide bonds. The molecule has 2 aliphatic rings. The average Bonchev–Trinajstić information content (AvgIpc) is 3.22. The fraction of sp³-hybridized carbons (Fsp3) is 0.455. The summed E-state index contributed by atoms with van der Waals surface area (Å²) in [4.78, 5) is 38.9. The van der Waals surface area contributed by atoms with Gasteiger partial charge >= 0.3 is 5.69 Å². The maximum Gasteiger partial charge on any atom is 0.332 e. The molecule has 0 spiro atoms. The minimum absolute atomic E-state index is 0.110. The van der Waals surface area contributed by atoms with E-state index in [1.54, 1.807) is 25.2 Å². The Morgan fingerprint density at radius 3 is 2.76 bits per heavy atom. The van der Waals surface area contributed by atoms with Crippen LogP contribution in [0.25, 0.3) is 0 Å². The van der Waals surface area contributed by atoms with Crippen LogP contribution in [-0.2, 0) is 24.9 Å². The molecule has 0 radical (unpaired) electrons. The highest BCUT2D eigenvalue weighted by Gasteiger charge is 2.41. The van der Waals surface area contributed by atoms with Crippen molar-refractivity contribution in [1.82, 2.24) is 14.1 Å². The lowest BCUT2D eigenvalue weighted by atomic mass is 10.2. The molecule has 2 aromatic heterocycles. The number of nitrogens with zero attached hydrogens (tertiary/aromatic N) is 6. The molecule has 1 unspecified atom stereocenters. The van der Waals surface area contributed by atoms with Gasteiger partial charge in [-0.3, -0.25) is 18.9 Å². The molecule has 4 heterocycles. The summed E-state index contributed by atoms with van der Waals surface area (Å²) in [6.45, 7) is 4.29. The summed E-state index contributed by atoms with van der Waals surface area (Å²) in [6, 6.07) is 0. The van der Waals surface area contributed by atoms with Crippen molar-refractivity contribution in [2.45, 2.75) is 46.1 Å². The highest BCUT2D eigenvalue weighted by Crippen LogP contribution is 2.37. The standard InChI is InChI=1S/C22H28N6O4S/c1-14-6-7-23-11-16(10-14)32-22-26(4)19-18(28(22)12-17-24-15(2)13-33-17)20(30)27(8-5-9-29)21(31)25(19)3/h7,10-11,13,22,29H,5-6,8-9,12H2,1-4H3. The minimum atomic E-state index is -0.681. The van der Waals surface area contributed by atoms with Gasteiger partial charge in [0.1, 0.15) is 22.3 Å². The van der Waals surface area contributed by atoms with Crippen molar-refractivity contribution >= 4 is 29.1 Å². The van der Waals surface area contributed by atoms with Gasteiger partial charge in [-0.2, -0.15) is 0 Å². The van der Waals surface area contributed by atoms with E-state index in [0.717, 1.165) is 22.7 Å². The molecule has 0 fully saturated rings. The van der Waals surface area contributed by atoms with Crippen molar-refractivity contribution in [2.24, 2.45) is 12.0 Å². The number of aromatic nitrogens is 3. The monoisotopic (exact) mass is 472 g/mol. The van der Waals surface area contributed by atoms with E-state index in [1.807, 2.05) is 36.4 Å². The number of aliphatic hydroxyl groups excluding tert-OH is 1. The Hall–Kier alpha value is -3.18. The molecule has 33 heavy (non-hydrogen) atoms. The molecule has 176 valence electrons. The Kier molecular flexibility index (Phi) is 6.52. The number of thiazole rings is 1. The Bertz CT molecular complexity index is 1250. The van der Waals surface area contributed by atoms with Gasteiger partial charge in [0.05, 0.1) is 12.7 Å². The maximum absolute atomic E-state index is 13.5. The number of aliphatic hydroxyl groups is 1. The molecule has 0 aliphatic carbocycles. The van der Waals surface area contributed by atoms with Crippen LogP contribution in [0.3, 0.4) is 0 Å². The molecule has 11 heteroatoms. The first kappa shape index (κ1) is 23.0. The van der Waals surface area contributed by atoms with Crippen molar-refractivity contribution in [3.63, 3.8) is 0 Å². The van der Waals surface area contributed by atoms with Gasteiger partial charge in [-0.25, -0.2) is 9.78 Å². The second-order valence-electron chi connectivity index (χ2n) is 8.17. The Labute approximate surface area is 195 Å². The number of hydrogen-bond donors (Lipinski definition) is 1. The van der Waals surface area contributed by atoms with Crippen molar-refractivity contribution in [3.05, 3.63) is 60.5 Å². The molecule has 10 nitrogen and oxygen atoms in total. The Morgan fingerprint density at radius 1 is 1.27 bits per heavy atom. The van der Waals surface area contributed by atoms with Gasteiger partial charge in [0.2, 0.25) is 0 Å². The van der Waals surface area contributed by atoms with Crippen LogP contribution in [0.4, 0.5) is 11.5 Å². The third-order valence-electron chi connectivity index (χ3n) is 5.58. The van der Waals surface area contributed by atoms with E-state index < -0.39 is 17.6 Å². The zero-order valence-electron chi connectivity index (χ0n) is 19.2. The van der Waals surface area contributed by atoms with Gasteiger partial charge < -0.3 is 19.6 Å². The zero-order chi connectivity index (χ0) is 23.7. The van der Waals surface area contributed by atoms with E-state index in [1.165, 1.54) is 20.5 Å². The topological polar surface area (TPSA) is 105 Å². The largest absolute Gasteiger partial charge is 0.450 e. The van der Waals surface area contributed by atoms with Crippen molar-refractivity contribution in [1.29, 1.82) is 0 Å². The number of rotatable bonds is 7. The molecule has 4 rings (SSSR count). The number of hydrogen-bond acceptors (Lipinski definition) is 9. The summed E-state index contributed by atoms with van der Waals surface area (Å²) in [7, 11) is 3.44. The van der Waals surface area contributed by atoms with Crippen molar-refractivity contribution in [2.75, 3.05) is 23.5 Å². The predicted molar refractivity (Wildman–Crippen MR) is 129 cm³/mol. The summed E-state index contributed by atoms with van der Waals surface area (Å²) in [5.41, 5.74) is 1.53. The summed E-state index contributed by atoms with van der Waals surface area (Å²) in [5, 5.41) is 12.0. The molecular weight excluding hydrogens is 444 g/mol. The second-order valence-corrected chi connectivity index (χ2v) is 9.11. The third kappa shape index (κ3) is 4.38. The number of fused-ring (bicyclic) bond motifs is 1. The van der Waals surface area contributed by atoms with E-state index >= 15 is 0 Å². The third-order valence-corrected chi connectivity index (χ3v) is 6.53. The van der Waals surface area contributed by atoms with Gasteiger partial charge in [0.15, 0.2) is 0 Å². The molecule has 0 aromatic carbocycles. The molecule has 0 bridgehead atoms. The van der Waals surface area contributed by atoms with Crippen LogP contribution in [0, 0.1) is 6.92 Å². The molecule has 0 saturated heterocycles. The van der Waals surface area contributed by atoms with Gasteiger partial charge in [0.25, 0.3) is 11.9 Å². The van der Waals surface area contributed by atoms with Crippen molar-refractivity contribution in [3.8, 4) is 0 Å². The van der Waals surface area contributed by atoms with Crippen LogP contribution in [-0.4, -0.2) is 45.4 Å². The first-order valence-electron chi connectivity index (χ1n) is 10.7. The number of aliphatic imine (C=N–C) groups is 1. The first-order valence-corrected chi connectivity index (χ1v) is 11.6. The fourth-order valence-corrected chi connectivity index (χ4v) is 4.78. The quantitative estimate of drug-likeness (QED) is 0.654. The number of anilines is 2. The molecule has 2 aromatic rings. The van der Waals surface area contributed by atoms with Crippen LogP contribution < -0.4 is 21.0 Å². The van der Waals surface area contributed by atoms with Crippen molar-refractivity contribution < 1.29 is 9.84 Å². The summed E-state index contributed by atoms with van der Waals surface area (Å²) in [6.07, 6.45) is 5.75. The molecule has 1 atom stereocenters. The number of aryl methyl sites for hydroxylation is 1. The molecular formula is C22H28N6O4S. The number of ether oxygens (including phenoxy) is 1. The highest BCUT2D eigenvalue weighted by molar-refractivity contribution is 7.09. The molecule has 1 N–H and O–H groups in total. The lowest BCUT2D eigenvalue weighted by molar-refractivity contribution is 0.125. The van der Waals surface area contributed by atoms with E-state index in [0.29, 0.717) is 30.2 Å². The van der Waals surface area contributed by atoms with E-state index in [-0.39, 0.29) is 13.2 Å². The summed E-state index contributed by atoms with van der Waals surface area (Å²) in [5.74, 6) is 1.04. The van der Waals surface area contributed by atoms with Gasteiger partial charge in [0, 0.05) is 51.0 Å². The average molecular weight is 473 g/mol. The van der Waals surface area contributed by atoms with Gasteiger partial charge in [-0.05, 0) is 26.3 Å². The normalized spacial score (nSPS) is 17.7. The SMILES string of the molecule is CC1=CC(OC2N(C)c3c(c(=O)n(CCCO)c(=O)n3C)N2Cc2nc(C)cs2)=CN=CC1. The summed E-state index contributed by atoms with van der Waals surface area (Å²) >= 11 is 1.51. The van der Waals surface area contributed by atoms with Crippen LogP contribution in [0.5, 0.6) is 0 Å². The smallest absolute Gasteiger partial charge is 0.332 e. The van der Waals surface area contributed by atoms with E-state index in [2.05, 4.69) is 9.98 Å². The Balaban J connectivity index is 1.83. The van der Waals surface area contributed by atoms with Crippen LogP contribution >= 0.6 is 11.3 Å². The molecule has 2 aliphatic heterocycles. The molecule has 0 saturated carbocycles. The van der Waals surface area contributed by atoms with E-state index in [4.69, 9.17) is 4.74 Å². The summed E-state index contributed by atoms with van der Waals surface area (Å²) < 4.78 is 8.98. The zero-order valence-corrected chi connectivity index (χ0v) is 20.0. The predicted octanol–water partition coefficient (Wildman–Crippen LogP) is 1.71. The maximum atomic E-state index is 13.5. The van der Waals surface area contributed by atoms with Crippen LogP contribution in [0.1, 0.15) is 30.5 Å². The lowest BCUT2D eigenvalue weighted by Gasteiger charge is -2.30. The van der Waals surface area contributed by atoms with Gasteiger partial charge in [-0.1, -0.05) is 5.57 Å². The van der Waals surface area contributed by atoms with E-state index in [9.17, 15) is 14.7 Å². The van der Waals surface area contributed by atoms with Gasteiger partial charge in [-0.15, -0.1) is 11.3 Å².